The highest BCUT2D eigenvalue weighted by atomic mass is 35.5. The van der Waals surface area contributed by atoms with Crippen molar-refractivity contribution >= 4 is 11.6 Å². The van der Waals surface area contributed by atoms with Gasteiger partial charge in [-0.2, -0.15) is 5.10 Å². The third-order valence-electron chi connectivity index (χ3n) is 3.13. The van der Waals surface area contributed by atoms with Gasteiger partial charge < -0.3 is 15.2 Å². The van der Waals surface area contributed by atoms with Gasteiger partial charge in [0.15, 0.2) is 11.5 Å². The zero-order valence-corrected chi connectivity index (χ0v) is 12.3. The highest BCUT2D eigenvalue weighted by Gasteiger charge is 2.09. The largest absolute Gasteiger partial charge is 0.504 e. The Morgan fingerprint density at radius 2 is 2.25 bits per heavy atom. The second-order valence-corrected chi connectivity index (χ2v) is 4.93. The number of rotatable bonds is 6. The SMILES string of the molecule is COc1cc(Cl)cc(CNCCc2ccnn2C)c1O. The molecule has 1 aromatic carbocycles. The van der Waals surface area contributed by atoms with Crippen molar-refractivity contribution in [3.05, 3.63) is 40.7 Å². The van der Waals surface area contributed by atoms with Gasteiger partial charge in [-0.3, -0.25) is 4.68 Å². The Morgan fingerprint density at radius 1 is 1.45 bits per heavy atom. The topological polar surface area (TPSA) is 59.3 Å². The quantitative estimate of drug-likeness (QED) is 0.802. The molecule has 2 N–H and O–H groups in total. The van der Waals surface area contributed by atoms with Crippen molar-refractivity contribution in [1.82, 2.24) is 15.1 Å². The zero-order chi connectivity index (χ0) is 14.5. The molecule has 5 nitrogen and oxygen atoms in total. The summed E-state index contributed by atoms with van der Waals surface area (Å²) in [4.78, 5) is 0. The van der Waals surface area contributed by atoms with Crippen LogP contribution >= 0.6 is 11.6 Å². The minimum Gasteiger partial charge on any atom is -0.504 e. The van der Waals surface area contributed by atoms with Crippen LogP contribution in [0.3, 0.4) is 0 Å². The monoisotopic (exact) mass is 295 g/mol. The molecule has 0 atom stereocenters. The summed E-state index contributed by atoms with van der Waals surface area (Å²) in [5.74, 6) is 0.519. The lowest BCUT2D eigenvalue weighted by Gasteiger charge is -2.11. The Balaban J connectivity index is 1.91. The summed E-state index contributed by atoms with van der Waals surface area (Å²) >= 11 is 5.99. The molecule has 0 fully saturated rings. The molecule has 0 aliphatic carbocycles. The maximum absolute atomic E-state index is 10.0. The van der Waals surface area contributed by atoms with E-state index in [1.165, 1.54) is 7.11 Å². The van der Waals surface area contributed by atoms with Gasteiger partial charge in [-0.25, -0.2) is 0 Å². The van der Waals surface area contributed by atoms with E-state index in [4.69, 9.17) is 16.3 Å². The Hall–Kier alpha value is -1.72. The number of methoxy groups -OCH3 is 1. The fraction of sp³-hybridized carbons (Fsp3) is 0.357. The number of benzene rings is 1. The van der Waals surface area contributed by atoms with Crippen molar-refractivity contribution in [3.63, 3.8) is 0 Å². The molecule has 0 saturated carbocycles. The van der Waals surface area contributed by atoms with E-state index in [9.17, 15) is 5.11 Å². The lowest BCUT2D eigenvalue weighted by atomic mass is 10.2. The third-order valence-corrected chi connectivity index (χ3v) is 3.35. The van der Waals surface area contributed by atoms with Gasteiger partial charge in [-0.05, 0) is 12.1 Å². The van der Waals surface area contributed by atoms with Crippen molar-refractivity contribution in [3.8, 4) is 11.5 Å². The van der Waals surface area contributed by atoms with Crippen LogP contribution in [0.1, 0.15) is 11.3 Å². The molecule has 20 heavy (non-hydrogen) atoms. The van der Waals surface area contributed by atoms with Gasteiger partial charge in [0, 0.05) is 55.1 Å². The van der Waals surface area contributed by atoms with Crippen LogP contribution in [-0.2, 0) is 20.0 Å². The van der Waals surface area contributed by atoms with Crippen LogP contribution < -0.4 is 10.1 Å². The molecule has 6 heteroatoms. The number of aromatic hydroxyl groups is 1. The van der Waals surface area contributed by atoms with Crippen LogP contribution in [0.5, 0.6) is 11.5 Å². The normalized spacial score (nSPS) is 10.8. The highest BCUT2D eigenvalue weighted by Crippen LogP contribution is 2.33. The molecule has 0 radical (unpaired) electrons. The third kappa shape index (κ3) is 3.43. The molecule has 0 bridgehead atoms. The number of nitrogens with zero attached hydrogens (tertiary/aromatic N) is 2. The van der Waals surface area contributed by atoms with Crippen LogP contribution in [0.15, 0.2) is 24.4 Å². The first-order chi connectivity index (χ1) is 9.61. The fourth-order valence-corrected chi connectivity index (χ4v) is 2.24. The summed E-state index contributed by atoms with van der Waals surface area (Å²) in [6.07, 6.45) is 2.65. The van der Waals surface area contributed by atoms with Gasteiger partial charge in [0.05, 0.1) is 7.11 Å². The van der Waals surface area contributed by atoms with Gasteiger partial charge in [0.1, 0.15) is 0 Å². The molecule has 0 aliphatic heterocycles. The first kappa shape index (κ1) is 14.7. The zero-order valence-electron chi connectivity index (χ0n) is 11.6. The second-order valence-electron chi connectivity index (χ2n) is 4.49. The second kappa shape index (κ2) is 6.63. The van der Waals surface area contributed by atoms with Crippen molar-refractivity contribution in [2.45, 2.75) is 13.0 Å². The number of aromatic nitrogens is 2. The van der Waals surface area contributed by atoms with Crippen LogP contribution in [-0.4, -0.2) is 28.5 Å². The predicted octanol–water partition coefficient (Wildman–Crippen LogP) is 2.12. The average molecular weight is 296 g/mol. The van der Waals surface area contributed by atoms with Crippen LogP contribution in [0.25, 0.3) is 0 Å². The number of hydrogen-bond donors (Lipinski definition) is 2. The summed E-state index contributed by atoms with van der Waals surface area (Å²) < 4.78 is 6.92. The smallest absolute Gasteiger partial charge is 0.162 e. The molecule has 2 rings (SSSR count). The summed E-state index contributed by atoms with van der Waals surface area (Å²) in [5.41, 5.74) is 1.88. The highest BCUT2D eigenvalue weighted by molar-refractivity contribution is 6.30. The van der Waals surface area contributed by atoms with E-state index in [-0.39, 0.29) is 5.75 Å². The lowest BCUT2D eigenvalue weighted by Crippen LogP contribution is -2.18. The molecule has 0 unspecified atom stereocenters. The number of nitrogens with one attached hydrogen (secondary N) is 1. The Labute approximate surface area is 123 Å². The van der Waals surface area contributed by atoms with Crippen molar-refractivity contribution in [2.24, 2.45) is 7.05 Å². The standard InChI is InChI=1S/C14H18ClN3O2/c1-18-12(4-6-17-18)3-5-16-9-10-7-11(15)8-13(20-2)14(10)19/h4,6-8,16,19H,3,5,9H2,1-2H3. The maximum Gasteiger partial charge on any atom is 0.162 e. The van der Waals surface area contributed by atoms with Crippen LogP contribution in [0, 0.1) is 0 Å². The average Bonchev–Trinajstić information content (AvgIpc) is 2.83. The molecule has 2 aromatic rings. The van der Waals surface area contributed by atoms with Crippen molar-refractivity contribution in [2.75, 3.05) is 13.7 Å². The molecule has 0 spiro atoms. The summed E-state index contributed by atoms with van der Waals surface area (Å²) in [7, 11) is 3.42. The first-order valence-electron chi connectivity index (χ1n) is 6.34. The Morgan fingerprint density at radius 3 is 2.90 bits per heavy atom. The van der Waals surface area contributed by atoms with Gasteiger partial charge in [-0.15, -0.1) is 0 Å². The predicted molar refractivity (Wildman–Crippen MR) is 78.3 cm³/mol. The van der Waals surface area contributed by atoms with Gasteiger partial charge >= 0.3 is 0 Å². The first-order valence-corrected chi connectivity index (χ1v) is 6.72. The van der Waals surface area contributed by atoms with Crippen molar-refractivity contribution in [1.29, 1.82) is 0 Å². The maximum atomic E-state index is 10.0. The fourth-order valence-electron chi connectivity index (χ4n) is 2.00. The number of halogens is 1. The summed E-state index contributed by atoms with van der Waals surface area (Å²) in [6.45, 7) is 1.31. The minimum atomic E-state index is 0.130. The van der Waals surface area contributed by atoms with Crippen molar-refractivity contribution < 1.29 is 9.84 Å². The number of hydrogen-bond acceptors (Lipinski definition) is 4. The Bertz CT molecular complexity index is 584. The van der Waals surface area contributed by atoms with E-state index in [1.54, 1.807) is 18.3 Å². The van der Waals surface area contributed by atoms with E-state index < -0.39 is 0 Å². The van der Waals surface area contributed by atoms with E-state index in [2.05, 4.69) is 10.4 Å². The molecule has 108 valence electrons. The van der Waals surface area contributed by atoms with E-state index in [0.29, 0.717) is 17.3 Å². The molecular formula is C14H18ClN3O2. The molecule has 1 heterocycles. The lowest BCUT2D eigenvalue weighted by molar-refractivity contribution is 0.369. The summed E-state index contributed by atoms with van der Waals surface area (Å²) in [5, 5.41) is 17.9. The van der Waals surface area contributed by atoms with Crippen LogP contribution in [0.4, 0.5) is 0 Å². The van der Waals surface area contributed by atoms with E-state index >= 15 is 0 Å². The van der Waals surface area contributed by atoms with Crippen LogP contribution in [0.2, 0.25) is 5.02 Å². The molecular weight excluding hydrogens is 278 g/mol. The number of ether oxygens (including phenoxy) is 1. The number of phenols is 1. The number of phenolic OH excluding ortho intramolecular Hbond substituents is 1. The Kier molecular flexibility index (Phi) is 4.87. The minimum absolute atomic E-state index is 0.130. The molecule has 0 amide bonds. The van der Waals surface area contributed by atoms with E-state index in [1.807, 2.05) is 17.8 Å². The van der Waals surface area contributed by atoms with E-state index in [0.717, 1.165) is 24.2 Å². The van der Waals surface area contributed by atoms with Gasteiger partial charge in [0.25, 0.3) is 0 Å². The number of aryl methyl sites for hydroxylation is 1. The molecule has 0 aliphatic rings. The van der Waals surface area contributed by atoms with Gasteiger partial charge in [0.2, 0.25) is 0 Å². The molecule has 1 aromatic heterocycles. The van der Waals surface area contributed by atoms with Gasteiger partial charge in [-0.1, -0.05) is 11.6 Å². The summed E-state index contributed by atoms with van der Waals surface area (Å²) in [6, 6.07) is 5.31. The molecule has 0 saturated heterocycles.